The molecule has 10 heteroatoms. The molecule has 35 heavy (non-hydrogen) atoms. The Labute approximate surface area is 205 Å². The molecule has 4 rings (SSSR count). The van der Waals surface area contributed by atoms with Crippen LogP contribution in [-0.2, 0) is 15.5 Å². The molecule has 1 saturated carbocycles. The number of anilines is 1. The van der Waals surface area contributed by atoms with Crippen molar-refractivity contribution >= 4 is 25.2 Å². The first kappa shape index (κ1) is 25.6. The molecule has 2 aliphatic carbocycles. The average molecular weight is 504 g/mol. The summed E-state index contributed by atoms with van der Waals surface area (Å²) < 4.78 is 18.1. The van der Waals surface area contributed by atoms with Gasteiger partial charge in [0.05, 0.1) is 11.7 Å². The van der Waals surface area contributed by atoms with Crippen LogP contribution in [0.1, 0.15) is 83.6 Å². The fraction of sp³-hybridized carbons (Fsp3) is 0.520. The molecule has 0 radical (unpaired) electrons. The number of aromatic nitrogens is 1. The third-order valence-corrected chi connectivity index (χ3v) is 7.80. The highest BCUT2D eigenvalue weighted by Gasteiger charge is 2.36. The van der Waals surface area contributed by atoms with E-state index in [1.165, 1.54) is 0 Å². The maximum absolute atomic E-state index is 13.0. The lowest BCUT2D eigenvalue weighted by Crippen LogP contribution is -2.30. The molecular formula is C25H34N3O6P. The summed E-state index contributed by atoms with van der Waals surface area (Å²) in [4.78, 5) is 43.3. The van der Waals surface area contributed by atoms with Crippen LogP contribution >= 0.6 is 7.82 Å². The van der Waals surface area contributed by atoms with Crippen molar-refractivity contribution in [3.8, 4) is 5.69 Å². The number of primary amides is 1. The Bertz CT molecular complexity index is 1220. The fourth-order valence-corrected chi connectivity index (χ4v) is 6.14. The van der Waals surface area contributed by atoms with Gasteiger partial charge in [0, 0.05) is 40.8 Å². The second-order valence-corrected chi connectivity index (χ2v) is 11.8. The van der Waals surface area contributed by atoms with Crippen LogP contribution in [0.4, 0.5) is 5.69 Å². The first-order chi connectivity index (χ1) is 16.3. The smallest absolute Gasteiger partial charge is 0.382 e. The van der Waals surface area contributed by atoms with Crippen LogP contribution in [0, 0.1) is 19.3 Å². The molecule has 2 aliphatic rings. The molecule has 0 aliphatic heterocycles. The number of ketones is 1. The number of Topliss-reactive ketones (excluding diaryl/α,β-unsaturated/α-hetero) is 1. The van der Waals surface area contributed by atoms with E-state index in [9.17, 15) is 14.2 Å². The molecule has 5 N–H and O–H groups in total. The normalized spacial score (nSPS) is 22.1. The summed E-state index contributed by atoms with van der Waals surface area (Å²) in [6, 6.07) is 5.47. The lowest BCUT2D eigenvalue weighted by atomic mass is 9.75. The monoisotopic (exact) mass is 503 g/mol. The van der Waals surface area contributed by atoms with Crippen LogP contribution in [0.3, 0.4) is 0 Å². The number of benzene rings is 1. The Morgan fingerprint density at radius 2 is 1.83 bits per heavy atom. The van der Waals surface area contributed by atoms with Crippen LogP contribution < -0.4 is 11.1 Å². The maximum Gasteiger partial charge on any atom is 0.469 e. The largest absolute Gasteiger partial charge is 0.469 e. The van der Waals surface area contributed by atoms with Crippen molar-refractivity contribution in [3.05, 3.63) is 46.3 Å². The number of hydrogen-bond acceptors (Lipinski definition) is 5. The number of carbonyl (C=O) groups excluding carboxylic acids is 2. The number of phosphoric acid groups is 1. The quantitative estimate of drug-likeness (QED) is 0.433. The van der Waals surface area contributed by atoms with E-state index in [1.807, 2.05) is 26.0 Å². The number of hydrogen-bond donors (Lipinski definition) is 4. The molecule has 0 unspecified atom stereocenters. The van der Waals surface area contributed by atoms with Gasteiger partial charge in [0.25, 0.3) is 5.91 Å². The van der Waals surface area contributed by atoms with Crippen LogP contribution in [0.25, 0.3) is 5.69 Å². The molecular weight excluding hydrogens is 469 g/mol. The summed E-state index contributed by atoms with van der Waals surface area (Å²) in [6.45, 7) is 8.19. The zero-order valence-electron chi connectivity index (χ0n) is 20.6. The van der Waals surface area contributed by atoms with E-state index in [2.05, 4.69) is 23.7 Å². The van der Waals surface area contributed by atoms with Crippen molar-refractivity contribution in [2.75, 3.05) is 5.32 Å². The maximum atomic E-state index is 13.0. The van der Waals surface area contributed by atoms with Crippen molar-refractivity contribution < 1.29 is 28.5 Å². The zero-order valence-corrected chi connectivity index (χ0v) is 21.5. The van der Waals surface area contributed by atoms with Gasteiger partial charge in [-0.05, 0) is 75.1 Å². The van der Waals surface area contributed by atoms with Gasteiger partial charge >= 0.3 is 7.82 Å². The summed E-state index contributed by atoms with van der Waals surface area (Å²) in [5.41, 5.74) is 11.1. The zero-order chi connectivity index (χ0) is 25.7. The Balaban J connectivity index is 1.66. The number of rotatable bonds is 6. The summed E-state index contributed by atoms with van der Waals surface area (Å²) in [6.07, 6.45) is 3.05. The minimum Gasteiger partial charge on any atom is -0.382 e. The molecule has 1 aromatic heterocycles. The average Bonchev–Trinajstić information content (AvgIpc) is 2.97. The third kappa shape index (κ3) is 5.38. The van der Waals surface area contributed by atoms with Gasteiger partial charge in [0.1, 0.15) is 0 Å². The SMILES string of the molecule is Cc1c2c(n(-c3ccc(C(N)=O)c(N[C@H]4CC[C@H](OP(=O)(O)O)CC4)c3)c1C)CC(C)(C)CC2=O. The second kappa shape index (κ2) is 9.21. The molecule has 1 aromatic carbocycles. The summed E-state index contributed by atoms with van der Waals surface area (Å²) in [7, 11) is -4.52. The van der Waals surface area contributed by atoms with Crippen LogP contribution in [0.5, 0.6) is 0 Å². The van der Waals surface area contributed by atoms with Crippen LogP contribution in [0.2, 0.25) is 0 Å². The van der Waals surface area contributed by atoms with Gasteiger partial charge in [0.2, 0.25) is 0 Å². The molecule has 1 heterocycles. The molecule has 190 valence electrons. The molecule has 1 amide bonds. The van der Waals surface area contributed by atoms with E-state index in [-0.39, 0.29) is 17.2 Å². The number of carbonyl (C=O) groups is 2. The van der Waals surface area contributed by atoms with Gasteiger partial charge in [0.15, 0.2) is 5.78 Å². The van der Waals surface area contributed by atoms with E-state index in [0.717, 1.165) is 34.6 Å². The van der Waals surface area contributed by atoms with E-state index in [0.29, 0.717) is 43.4 Å². The number of nitrogens with zero attached hydrogens (tertiary/aromatic N) is 1. The first-order valence-corrected chi connectivity index (χ1v) is 13.5. The van der Waals surface area contributed by atoms with Gasteiger partial charge in [-0.15, -0.1) is 0 Å². The van der Waals surface area contributed by atoms with E-state index in [1.54, 1.807) is 6.07 Å². The molecule has 1 fully saturated rings. The Hall–Kier alpha value is -2.45. The number of phosphoric ester groups is 1. The highest BCUT2D eigenvalue weighted by Crippen LogP contribution is 2.42. The second-order valence-electron chi connectivity index (χ2n) is 10.6. The topological polar surface area (TPSA) is 144 Å². The molecule has 2 aromatic rings. The first-order valence-electron chi connectivity index (χ1n) is 11.9. The van der Waals surface area contributed by atoms with Crippen LogP contribution in [0.15, 0.2) is 18.2 Å². The number of fused-ring (bicyclic) bond motifs is 1. The van der Waals surface area contributed by atoms with Crippen molar-refractivity contribution in [3.63, 3.8) is 0 Å². The van der Waals surface area contributed by atoms with Crippen LogP contribution in [-0.4, -0.2) is 38.2 Å². The standard InChI is InChI=1S/C25H34N3O6P/c1-14-15(2)28(21-12-25(3,4)13-22(29)23(14)21)17-7-10-19(24(26)30)20(11-17)27-16-5-8-18(9-6-16)34-35(31,32)33/h7,10-11,16,18,27H,5-6,8-9,12-13H2,1-4H3,(H2,26,30)(H2,31,32,33)/t16-,18-. The number of amides is 1. The fourth-order valence-electron chi connectivity index (χ4n) is 5.54. The predicted molar refractivity (Wildman–Crippen MR) is 133 cm³/mol. The molecule has 0 saturated heterocycles. The lowest BCUT2D eigenvalue weighted by Gasteiger charge is -2.31. The summed E-state index contributed by atoms with van der Waals surface area (Å²) in [5.74, 6) is -0.381. The van der Waals surface area contributed by atoms with Crippen molar-refractivity contribution in [1.82, 2.24) is 4.57 Å². The molecule has 9 nitrogen and oxygen atoms in total. The Morgan fingerprint density at radius 3 is 2.43 bits per heavy atom. The van der Waals surface area contributed by atoms with E-state index >= 15 is 0 Å². The number of nitrogens with two attached hydrogens (primary N) is 1. The van der Waals surface area contributed by atoms with Crippen molar-refractivity contribution in [1.29, 1.82) is 0 Å². The Morgan fingerprint density at radius 1 is 1.17 bits per heavy atom. The molecule has 0 spiro atoms. The van der Waals surface area contributed by atoms with Crippen molar-refractivity contribution in [2.24, 2.45) is 11.1 Å². The number of nitrogens with one attached hydrogen (secondary N) is 1. The third-order valence-electron chi connectivity index (χ3n) is 7.22. The molecule has 0 bridgehead atoms. The lowest BCUT2D eigenvalue weighted by molar-refractivity contribution is 0.0908. The Kier molecular flexibility index (Phi) is 6.74. The predicted octanol–water partition coefficient (Wildman–Crippen LogP) is 4.18. The van der Waals surface area contributed by atoms with Gasteiger partial charge in [-0.25, -0.2) is 4.57 Å². The van der Waals surface area contributed by atoms with E-state index < -0.39 is 19.8 Å². The minimum atomic E-state index is -4.52. The summed E-state index contributed by atoms with van der Waals surface area (Å²) >= 11 is 0. The van der Waals surface area contributed by atoms with Crippen molar-refractivity contribution in [2.45, 2.75) is 78.4 Å². The molecule has 0 atom stereocenters. The highest BCUT2D eigenvalue weighted by molar-refractivity contribution is 7.46. The van der Waals surface area contributed by atoms with Gasteiger partial charge in [-0.3, -0.25) is 14.1 Å². The minimum absolute atomic E-state index is 0.00175. The van der Waals surface area contributed by atoms with Gasteiger partial charge < -0.3 is 25.4 Å². The van der Waals surface area contributed by atoms with E-state index in [4.69, 9.17) is 20.0 Å². The summed E-state index contributed by atoms with van der Waals surface area (Å²) in [5, 5.41) is 3.42. The van der Waals surface area contributed by atoms with Gasteiger partial charge in [-0.1, -0.05) is 13.8 Å². The van der Waals surface area contributed by atoms with Gasteiger partial charge in [-0.2, -0.15) is 0 Å². The highest BCUT2D eigenvalue weighted by atomic mass is 31.2.